The zero-order valence-corrected chi connectivity index (χ0v) is 14.4. The maximum atomic E-state index is 13.3. The van der Waals surface area contributed by atoms with Crippen molar-refractivity contribution in [3.05, 3.63) is 35.9 Å². The van der Waals surface area contributed by atoms with E-state index in [4.69, 9.17) is 5.73 Å². The van der Waals surface area contributed by atoms with E-state index in [-0.39, 0.29) is 17.2 Å². The maximum absolute atomic E-state index is 13.3. The van der Waals surface area contributed by atoms with Crippen LogP contribution >= 0.6 is 0 Å². The van der Waals surface area contributed by atoms with E-state index < -0.39 is 6.04 Å². The largest absolute Gasteiger partial charge is 0.340 e. The van der Waals surface area contributed by atoms with E-state index in [1.165, 1.54) is 0 Å². The van der Waals surface area contributed by atoms with Gasteiger partial charge in [-0.25, -0.2) is 0 Å². The van der Waals surface area contributed by atoms with Gasteiger partial charge in [-0.3, -0.25) is 9.59 Å². The number of hydrogen-bond donors (Lipinski definition) is 1. The van der Waals surface area contributed by atoms with Crippen LogP contribution in [-0.4, -0.2) is 47.8 Å². The van der Waals surface area contributed by atoms with Crippen LogP contribution in [0.3, 0.4) is 0 Å². The van der Waals surface area contributed by atoms with Crippen LogP contribution in [0.25, 0.3) is 0 Å². The Morgan fingerprint density at radius 2 is 2.00 bits per heavy atom. The van der Waals surface area contributed by atoms with Gasteiger partial charge in [-0.05, 0) is 36.8 Å². The van der Waals surface area contributed by atoms with Gasteiger partial charge in [0.2, 0.25) is 11.8 Å². The first-order valence-corrected chi connectivity index (χ1v) is 8.87. The van der Waals surface area contributed by atoms with Crippen LogP contribution in [0.2, 0.25) is 0 Å². The van der Waals surface area contributed by atoms with Gasteiger partial charge in [-0.2, -0.15) is 0 Å². The summed E-state index contributed by atoms with van der Waals surface area (Å²) >= 11 is 0. The van der Waals surface area contributed by atoms with E-state index in [9.17, 15) is 9.59 Å². The molecule has 3 rings (SSSR count). The van der Waals surface area contributed by atoms with E-state index in [0.29, 0.717) is 26.1 Å². The van der Waals surface area contributed by atoms with Crippen molar-refractivity contribution >= 4 is 11.8 Å². The molecule has 0 aliphatic carbocycles. The fourth-order valence-electron chi connectivity index (χ4n) is 3.74. The lowest BCUT2D eigenvalue weighted by molar-refractivity contribution is -0.147. The lowest BCUT2D eigenvalue weighted by Crippen LogP contribution is -2.47. The molecule has 2 aliphatic rings. The molecule has 2 N–H and O–H groups in total. The minimum Gasteiger partial charge on any atom is -0.340 e. The smallest absolute Gasteiger partial charge is 0.250 e. The number of carbonyl (C=O) groups excluding carboxylic acids is 2. The third-order valence-electron chi connectivity index (χ3n) is 5.38. The van der Waals surface area contributed by atoms with E-state index in [1.54, 1.807) is 4.90 Å². The van der Waals surface area contributed by atoms with E-state index in [2.05, 4.69) is 6.92 Å². The molecule has 0 radical (unpaired) electrons. The first-order valence-electron chi connectivity index (χ1n) is 8.87. The van der Waals surface area contributed by atoms with Crippen molar-refractivity contribution < 1.29 is 9.59 Å². The van der Waals surface area contributed by atoms with Crippen molar-refractivity contribution in [3.63, 3.8) is 0 Å². The Morgan fingerprint density at radius 1 is 1.25 bits per heavy atom. The highest BCUT2D eigenvalue weighted by molar-refractivity contribution is 5.89. The number of nitrogens with zero attached hydrogens (tertiary/aromatic N) is 2. The van der Waals surface area contributed by atoms with Gasteiger partial charge in [-0.15, -0.1) is 0 Å². The first-order chi connectivity index (χ1) is 11.5. The molecule has 2 heterocycles. The first kappa shape index (κ1) is 17.0. The quantitative estimate of drug-likeness (QED) is 0.918. The average Bonchev–Trinajstić information content (AvgIpc) is 3.01. The summed E-state index contributed by atoms with van der Waals surface area (Å²) in [6.07, 6.45) is 3.34. The molecule has 1 aromatic rings. The summed E-state index contributed by atoms with van der Waals surface area (Å²) in [5.74, 6) is 0.123. The zero-order chi connectivity index (χ0) is 17.2. The van der Waals surface area contributed by atoms with Crippen molar-refractivity contribution in [1.82, 2.24) is 9.80 Å². The van der Waals surface area contributed by atoms with Crippen LogP contribution in [-0.2, 0) is 9.59 Å². The molecular weight excluding hydrogens is 302 g/mol. The molecule has 2 amide bonds. The fourth-order valence-corrected chi connectivity index (χ4v) is 3.74. The number of amides is 2. The zero-order valence-electron chi connectivity index (χ0n) is 14.4. The second-order valence-corrected chi connectivity index (χ2v) is 7.38. The van der Waals surface area contributed by atoms with Gasteiger partial charge >= 0.3 is 0 Å². The van der Waals surface area contributed by atoms with E-state index in [0.717, 1.165) is 31.4 Å². The molecule has 24 heavy (non-hydrogen) atoms. The molecule has 0 saturated carbocycles. The van der Waals surface area contributed by atoms with Gasteiger partial charge in [0.1, 0.15) is 6.04 Å². The predicted molar refractivity (Wildman–Crippen MR) is 93.1 cm³/mol. The minimum atomic E-state index is -0.501. The van der Waals surface area contributed by atoms with Gasteiger partial charge in [-0.1, -0.05) is 37.3 Å². The highest BCUT2D eigenvalue weighted by Gasteiger charge is 2.40. The number of piperidine rings is 1. The monoisotopic (exact) mass is 329 g/mol. The maximum Gasteiger partial charge on any atom is 0.250 e. The summed E-state index contributed by atoms with van der Waals surface area (Å²) in [4.78, 5) is 29.4. The van der Waals surface area contributed by atoms with Gasteiger partial charge in [0, 0.05) is 26.1 Å². The van der Waals surface area contributed by atoms with Crippen molar-refractivity contribution in [2.45, 2.75) is 38.6 Å². The molecule has 2 saturated heterocycles. The van der Waals surface area contributed by atoms with Crippen LogP contribution in [0.1, 0.15) is 44.2 Å². The van der Waals surface area contributed by atoms with Gasteiger partial charge < -0.3 is 15.5 Å². The standard InChI is InChI=1S/C19H27N3O2/c1-19(13-20)10-12-21(14-19)18(24)17(15-7-3-2-4-8-15)22-11-6-5-9-16(22)23/h2-4,7-8,17H,5-6,9-14,20H2,1H3. The van der Waals surface area contributed by atoms with Crippen molar-refractivity contribution in [2.75, 3.05) is 26.2 Å². The number of hydrogen-bond acceptors (Lipinski definition) is 3. The van der Waals surface area contributed by atoms with Crippen LogP contribution < -0.4 is 5.73 Å². The van der Waals surface area contributed by atoms with Crippen molar-refractivity contribution in [1.29, 1.82) is 0 Å². The second kappa shape index (κ2) is 6.93. The Morgan fingerprint density at radius 3 is 2.62 bits per heavy atom. The molecule has 0 spiro atoms. The van der Waals surface area contributed by atoms with Crippen LogP contribution in [0.5, 0.6) is 0 Å². The summed E-state index contributed by atoms with van der Waals surface area (Å²) in [5, 5.41) is 0. The molecule has 1 aromatic carbocycles. The number of nitrogens with two attached hydrogens (primary N) is 1. The fraction of sp³-hybridized carbons (Fsp3) is 0.579. The molecule has 2 unspecified atom stereocenters. The Hall–Kier alpha value is -1.88. The van der Waals surface area contributed by atoms with E-state index >= 15 is 0 Å². The number of benzene rings is 1. The topological polar surface area (TPSA) is 66.6 Å². The van der Waals surface area contributed by atoms with Crippen LogP contribution in [0.4, 0.5) is 0 Å². The number of carbonyl (C=O) groups is 2. The predicted octanol–water partition coefficient (Wildman–Crippen LogP) is 1.94. The second-order valence-electron chi connectivity index (χ2n) is 7.38. The van der Waals surface area contributed by atoms with Crippen LogP contribution in [0, 0.1) is 5.41 Å². The summed E-state index contributed by atoms with van der Waals surface area (Å²) in [6, 6.07) is 9.19. The Balaban J connectivity index is 1.87. The molecule has 5 heteroatoms. The summed E-state index contributed by atoms with van der Waals surface area (Å²) < 4.78 is 0. The number of likely N-dealkylation sites (tertiary alicyclic amines) is 2. The van der Waals surface area contributed by atoms with Gasteiger partial charge in [0.05, 0.1) is 0 Å². The summed E-state index contributed by atoms with van der Waals surface area (Å²) in [7, 11) is 0. The molecule has 0 aromatic heterocycles. The van der Waals surface area contributed by atoms with Crippen molar-refractivity contribution in [2.24, 2.45) is 11.1 Å². The molecule has 5 nitrogen and oxygen atoms in total. The number of rotatable bonds is 4. The van der Waals surface area contributed by atoms with Crippen molar-refractivity contribution in [3.8, 4) is 0 Å². The molecule has 2 aliphatic heterocycles. The molecule has 2 atom stereocenters. The third kappa shape index (κ3) is 3.31. The Labute approximate surface area is 143 Å². The van der Waals surface area contributed by atoms with Gasteiger partial charge in [0.15, 0.2) is 0 Å². The highest BCUT2D eigenvalue weighted by atomic mass is 16.2. The molecule has 130 valence electrons. The Bertz CT molecular complexity index is 604. The molecule has 0 bridgehead atoms. The Kier molecular flexibility index (Phi) is 4.90. The third-order valence-corrected chi connectivity index (χ3v) is 5.38. The lowest BCUT2D eigenvalue weighted by atomic mass is 9.90. The average molecular weight is 329 g/mol. The highest BCUT2D eigenvalue weighted by Crippen LogP contribution is 2.33. The molecular formula is C19H27N3O2. The minimum absolute atomic E-state index is 0.0111. The van der Waals surface area contributed by atoms with Gasteiger partial charge in [0.25, 0.3) is 0 Å². The summed E-state index contributed by atoms with van der Waals surface area (Å²) in [5.41, 5.74) is 6.77. The van der Waals surface area contributed by atoms with E-state index in [1.807, 2.05) is 35.2 Å². The van der Waals surface area contributed by atoms with Crippen LogP contribution in [0.15, 0.2) is 30.3 Å². The summed E-state index contributed by atoms with van der Waals surface area (Å²) in [6.45, 7) is 4.76. The normalized spacial score (nSPS) is 25.8. The SMILES string of the molecule is CC1(CN)CCN(C(=O)C(c2ccccc2)N2CCCCC2=O)C1. The molecule has 2 fully saturated rings. The lowest BCUT2D eigenvalue weighted by Gasteiger charge is -2.36.